The SMILES string of the molecule is CNc1ncc(CN2[C@@H]3CC[C@@H](C3)[C@@H]2COc2cccc(OC)c2)cn1. The van der Waals surface area contributed by atoms with E-state index >= 15 is 0 Å². The maximum atomic E-state index is 6.13. The average Bonchev–Trinajstić information content (AvgIpc) is 3.29. The van der Waals surface area contributed by atoms with Gasteiger partial charge in [-0.1, -0.05) is 6.07 Å². The summed E-state index contributed by atoms with van der Waals surface area (Å²) >= 11 is 0. The van der Waals surface area contributed by atoms with E-state index < -0.39 is 0 Å². The highest BCUT2D eigenvalue weighted by molar-refractivity contribution is 5.33. The number of hydrogen-bond donors (Lipinski definition) is 1. The Balaban J connectivity index is 1.43. The van der Waals surface area contributed by atoms with Crippen molar-refractivity contribution in [2.75, 3.05) is 26.1 Å². The molecule has 1 aromatic carbocycles. The van der Waals surface area contributed by atoms with E-state index in [2.05, 4.69) is 20.2 Å². The molecule has 2 bridgehead atoms. The first-order valence-corrected chi connectivity index (χ1v) is 9.28. The van der Waals surface area contributed by atoms with Crippen molar-refractivity contribution in [1.29, 1.82) is 0 Å². The van der Waals surface area contributed by atoms with E-state index in [1.807, 2.05) is 43.7 Å². The Morgan fingerprint density at radius 2 is 2.00 bits per heavy atom. The molecular formula is C20H26N4O2. The van der Waals surface area contributed by atoms with Gasteiger partial charge in [0.15, 0.2) is 0 Å². The van der Waals surface area contributed by atoms with Gasteiger partial charge in [0.1, 0.15) is 18.1 Å². The van der Waals surface area contributed by atoms with Crippen molar-refractivity contribution >= 4 is 5.95 Å². The van der Waals surface area contributed by atoms with Crippen LogP contribution in [0.4, 0.5) is 5.95 Å². The summed E-state index contributed by atoms with van der Waals surface area (Å²) in [6.45, 7) is 1.60. The van der Waals surface area contributed by atoms with Gasteiger partial charge in [0, 0.05) is 49.7 Å². The molecule has 1 aliphatic carbocycles. The van der Waals surface area contributed by atoms with Gasteiger partial charge in [0.2, 0.25) is 5.95 Å². The number of likely N-dealkylation sites (tertiary alicyclic amines) is 1. The van der Waals surface area contributed by atoms with Crippen molar-refractivity contribution in [2.45, 2.75) is 37.9 Å². The minimum absolute atomic E-state index is 0.448. The van der Waals surface area contributed by atoms with Crippen molar-refractivity contribution < 1.29 is 9.47 Å². The molecule has 26 heavy (non-hydrogen) atoms. The van der Waals surface area contributed by atoms with E-state index in [1.54, 1.807) is 7.11 Å². The highest BCUT2D eigenvalue weighted by Gasteiger charge is 2.45. The zero-order valence-corrected chi connectivity index (χ0v) is 15.4. The fourth-order valence-electron chi connectivity index (χ4n) is 4.31. The number of benzene rings is 1. The first-order chi connectivity index (χ1) is 12.8. The van der Waals surface area contributed by atoms with Gasteiger partial charge in [0.25, 0.3) is 0 Å². The molecule has 2 heterocycles. The minimum Gasteiger partial charge on any atom is -0.497 e. The number of ether oxygens (including phenoxy) is 2. The lowest BCUT2D eigenvalue weighted by atomic mass is 9.99. The van der Waals surface area contributed by atoms with Crippen molar-refractivity contribution in [3.63, 3.8) is 0 Å². The Morgan fingerprint density at radius 1 is 1.19 bits per heavy atom. The molecule has 0 radical (unpaired) electrons. The van der Waals surface area contributed by atoms with Crippen LogP contribution in [0.25, 0.3) is 0 Å². The monoisotopic (exact) mass is 354 g/mol. The number of piperidine rings is 1. The van der Waals surface area contributed by atoms with Crippen LogP contribution >= 0.6 is 0 Å². The Morgan fingerprint density at radius 3 is 2.77 bits per heavy atom. The van der Waals surface area contributed by atoms with Crippen molar-refractivity contribution in [2.24, 2.45) is 5.92 Å². The molecule has 2 aromatic rings. The van der Waals surface area contributed by atoms with Crippen LogP contribution < -0.4 is 14.8 Å². The Bertz CT molecular complexity index is 737. The van der Waals surface area contributed by atoms with E-state index in [-0.39, 0.29) is 0 Å². The topological polar surface area (TPSA) is 59.5 Å². The Hall–Kier alpha value is -2.34. The van der Waals surface area contributed by atoms with Crippen LogP contribution in [-0.2, 0) is 6.54 Å². The van der Waals surface area contributed by atoms with Crippen LogP contribution in [0.3, 0.4) is 0 Å². The van der Waals surface area contributed by atoms with Crippen molar-refractivity contribution in [1.82, 2.24) is 14.9 Å². The van der Waals surface area contributed by atoms with Crippen molar-refractivity contribution in [3.8, 4) is 11.5 Å². The molecule has 1 aliphatic heterocycles. The highest BCUT2D eigenvalue weighted by Crippen LogP contribution is 2.43. The molecule has 0 spiro atoms. The van der Waals surface area contributed by atoms with Gasteiger partial charge in [-0.3, -0.25) is 4.90 Å². The maximum absolute atomic E-state index is 6.13. The molecule has 0 unspecified atom stereocenters. The first-order valence-electron chi connectivity index (χ1n) is 9.28. The summed E-state index contributed by atoms with van der Waals surface area (Å²) in [4.78, 5) is 11.3. The number of aromatic nitrogens is 2. The van der Waals surface area contributed by atoms with Gasteiger partial charge >= 0.3 is 0 Å². The Labute approximate surface area is 154 Å². The third-order valence-electron chi connectivity index (χ3n) is 5.64. The molecule has 0 amide bonds. The summed E-state index contributed by atoms with van der Waals surface area (Å²) in [7, 11) is 3.51. The molecule has 1 saturated heterocycles. The number of methoxy groups -OCH3 is 1. The lowest BCUT2D eigenvalue weighted by Crippen LogP contribution is -2.43. The standard InChI is InChI=1S/C20H26N4O2/c1-21-20-22-10-14(11-23-20)12-24-16-7-6-15(8-16)19(24)13-26-18-5-3-4-17(9-18)25-2/h3-5,9-11,15-16,19H,6-8,12-13H2,1-2H3,(H,21,22,23)/t15-,16+,19-/m0/s1. The number of nitrogens with one attached hydrogen (secondary N) is 1. The summed E-state index contributed by atoms with van der Waals surface area (Å²) in [5, 5.41) is 2.97. The predicted molar refractivity (Wildman–Crippen MR) is 101 cm³/mol. The summed E-state index contributed by atoms with van der Waals surface area (Å²) in [5.41, 5.74) is 1.16. The van der Waals surface area contributed by atoms with E-state index in [9.17, 15) is 0 Å². The van der Waals surface area contributed by atoms with Crippen LogP contribution in [0, 0.1) is 5.92 Å². The van der Waals surface area contributed by atoms with E-state index in [1.165, 1.54) is 19.3 Å². The zero-order valence-electron chi connectivity index (χ0n) is 15.4. The highest BCUT2D eigenvalue weighted by atomic mass is 16.5. The number of nitrogens with zero attached hydrogens (tertiary/aromatic N) is 3. The molecule has 6 nitrogen and oxygen atoms in total. The molecule has 1 saturated carbocycles. The number of hydrogen-bond acceptors (Lipinski definition) is 6. The predicted octanol–water partition coefficient (Wildman–Crippen LogP) is 2.96. The second-order valence-electron chi connectivity index (χ2n) is 7.12. The van der Waals surface area contributed by atoms with Crippen molar-refractivity contribution in [3.05, 3.63) is 42.2 Å². The number of fused-ring (bicyclic) bond motifs is 2. The van der Waals surface area contributed by atoms with Gasteiger partial charge in [0.05, 0.1) is 7.11 Å². The van der Waals surface area contributed by atoms with Gasteiger partial charge in [-0.05, 0) is 37.3 Å². The molecule has 1 N–H and O–H groups in total. The maximum Gasteiger partial charge on any atom is 0.222 e. The third kappa shape index (κ3) is 3.46. The van der Waals surface area contributed by atoms with Gasteiger partial charge in [-0.15, -0.1) is 0 Å². The summed E-state index contributed by atoms with van der Waals surface area (Å²) in [5.74, 6) is 3.08. The molecule has 2 fully saturated rings. The largest absolute Gasteiger partial charge is 0.497 e. The lowest BCUT2D eigenvalue weighted by molar-refractivity contribution is 0.0865. The molecule has 6 heteroatoms. The molecule has 2 aliphatic rings. The normalized spacial score (nSPS) is 24.6. The molecule has 1 aromatic heterocycles. The third-order valence-corrected chi connectivity index (χ3v) is 5.64. The average molecular weight is 354 g/mol. The van der Waals surface area contributed by atoms with Crippen LogP contribution in [0.1, 0.15) is 24.8 Å². The van der Waals surface area contributed by atoms with Crippen LogP contribution in [0.5, 0.6) is 11.5 Å². The summed E-state index contributed by atoms with van der Waals surface area (Å²) < 4.78 is 11.4. The van der Waals surface area contributed by atoms with E-state index in [0.717, 1.165) is 29.5 Å². The van der Waals surface area contributed by atoms with Gasteiger partial charge in [-0.2, -0.15) is 0 Å². The zero-order chi connectivity index (χ0) is 17.9. The Kier molecular flexibility index (Phi) is 4.93. The molecule has 4 rings (SSSR count). The lowest BCUT2D eigenvalue weighted by Gasteiger charge is -2.35. The molecule has 138 valence electrons. The first kappa shape index (κ1) is 17.1. The second kappa shape index (κ2) is 7.50. The van der Waals surface area contributed by atoms with Crippen LogP contribution in [0.15, 0.2) is 36.7 Å². The van der Waals surface area contributed by atoms with E-state index in [4.69, 9.17) is 9.47 Å². The van der Waals surface area contributed by atoms with Gasteiger partial charge < -0.3 is 14.8 Å². The minimum atomic E-state index is 0.448. The quantitative estimate of drug-likeness (QED) is 0.825. The van der Waals surface area contributed by atoms with E-state index in [0.29, 0.717) is 24.6 Å². The summed E-state index contributed by atoms with van der Waals surface area (Å²) in [6.07, 6.45) is 7.72. The second-order valence-corrected chi connectivity index (χ2v) is 7.12. The number of anilines is 1. The van der Waals surface area contributed by atoms with Crippen LogP contribution in [0.2, 0.25) is 0 Å². The molecular weight excluding hydrogens is 328 g/mol. The smallest absolute Gasteiger partial charge is 0.222 e. The van der Waals surface area contributed by atoms with Crippen LogP contribution in [-0.4, -0.2) is 47.7 Å². The number of rotatable bonds is 7. The van der Waals surface area contributed by atoms with Gasteiger partial charge in [-0.25, -0.2) is 9.97 Å². The summed E-state index contributed by atoms with van der Waals surface area (Å²) in [6, 6.07) is 8.94. The molecule has 3 atom stereocenters. The fourth-order valence-corrected chi connectivity index (χ4v) is 4.31. The fraction of sp³-hybridized carbons (Fsp3) is 0.500.